The van der Waals surface area contributed by atoms with Gasteiger partial charge in [0, 0.05) is 24.7 Å². The minimum atomic E-state index is -3.09. The lowest BCUT2D eigenvalue weighted by Gasteiger charge is -2.39. The molecule has 1 N–H and O–H groups in total. The van der Waals surface area contributed by atoms with Gasteiger partial charge in [-0.3, -0.25) is 19.3 Å². The number of hydrogen-bond acceptors (Lipinski definition) is 6. The smallest absolute Gasteiger partial charge is 0.304 e. The molecule has 3 fully saturated rings. The van der Waals surface area contributed by atoms with Crippen LogP contribution in [0.4, 0.5) is 9.80 Å². The van der Waals surface area contributed by atoms with Crippen LogP contribution in [0.3, 0.4) is 0 Å². The number of aliphatic hydroxyl groups is 1. The molecule has 0 aliphatic carbocycles. The minimum Gasteiger partial charge on any atom is -0.441 e. The van der Waals surface area contributed by atoms with Crippen molar-refractivity contribution in [3.63, 3.8) is 0 Å². The molecule has 3 heterocycles. The number of β-lactam (4-membered cyclic amide) rings is 1. The van der Waals surface area contributed by atoms with Crippen LogP contribution in [-0.4, -0.2) is 73.8 Å². The number of carbonyl (C=O) groups excluding carboxylic acids is 3. The van der Waals surface area contributed by atoms with E-state index in [2.05, 4.69) is 0 Å². The number of hydrogen-bond donors (Lipinski definition) is 1. The molecule has 1 unspecified atom stereocenters. The fraction of sp³-hybridized carbons (Fsp3) is 0.667. The number of esters is 1. The van der Waals surface area contributed by atoms with Crippen LogP contribution in [0.15, 0.2) is 24.3 Å². The summed E-state index contributed by atoms with van der Waals surface area (Å²) in [6.45, 7) is 7.35. The zero-order valence-corrected chi connectivity index (χ0v) is 23.2. The highest BCUT2D eigenvalue weighted by Crippen LogP contribution is 2.47. The van der Waals surface area contributed by atoms with E-state index in [4.69, 9.17) is 9.47 Å². The molecule has 3 aliphatic heterocycles. The quantitative estimate of drug-likeness (QED) is 0.225. The first-order valence-corrected chi connectivity index (χ1v) is 16.3. The molecule has 0 saturated carbocycles. The van der Waals surface area contributed by atoms with Crippen molar-refractivity contribution in [2.75, 3.05) is 18.1 Å². The van der Waals surface area contributed by atoms with Gasteiger partial charge in [-0.1, -0.05) is 19.1 Å². The standard InChI is InChI=1S/C27H39FN2O6Si/c1-17-22(12-9-19-7-10-20(11-8-19)30-25(34)15-26(30)35-18(2)32)36-23(27(17)37(3,4)28)14-24(33)29-13-5-6-21(29)16-31/h7-8,10-11,17,21-23,26-27,31H,5-6,9,12-16H2,1-4H3/t17-,21-,22+,23-,26?,27+/m0/s1. The number of aryl methyl sites for hydroxylation is 1. The predicted octanol–water partition coefficient (Wildman–Crippen LogP) is 3.57. The molecule has 3 saturated heterocycles. The monoisotopic (exact) mass is 534 g/mol. The first-order valence-electron chi connectivity index (χ1n) is 13.3. The van der Waals surface area contributed by atoms with Gasteiger partial charge in [0.25, 0.3) is 0 Å². The van der Waals surface area contributed by atoms with E-state index < -0.39 is 26.7 Å². The molecule has 6 atom stereocenters. The Labute approximate surface area is 219 Å². The fourth-order valence-electron chi connectivity index (χ4n) is 6.33. The number of anilines is 1. The second-order valence-corrected chi connectivity index (χ2v) is 15.0. The average Bonchev–Trinajstić information content (AvgIpc) is 3.41. The Balaban J connectivity index is 1.37. The normalized spacial score (nSPS) is 29.9. The summed E-state index contributed by atoms with van der Waals surface area (Å²) in [5, 5.41) is 9.60. The van der Waals surface area contributed by atoms with Gasteiger partial charge in [0.2, 0.25) is 20.2 Å². The van der Waals surface area contributed by atoms with Gasteiger partial charge in [0.05, 0.1) is 37.7 Å². The summed E-state index contributed by atoms with van der Waals surface area (Å²) >= 11 is 0. The van der Waals surface area contributed by atoms with Crippen LogP contribution in [-0.2, 0) is 30.3 Å². The highest BCUT2D eigenvalue weighted by atomic mass is 28.4. The zero-order valence-electron chi connectivity index (χ0n) is 22.2. The molecule has 1 aromatic rings. The van der Waals surface area contributed by atoms with E-state index in [1.165, 1.54) is 11.8 Å². The van der Waals surface area contributed by atoms with Gasteiger partial charge in [-0.05, 0) is 62.4 Å². The zero-order chi connectivity index (χ0) is 26.9. The minimum absolute atomic E-state index is 0.000784. The molecule has 10 heteroatoms. The van der Waals surface area contributed by atoms with Crippen molar-refractivity contribution < 1.29 is 33.1 Å². The fourth-order valence-corrected chi connectivity index (χ4v) is 8.88. The van der Waals surface area contributed by atoms with E-state index in [-0.39, 0.29) is 54.9 Å². The summed E-state index contributed by atoms with van der Waals surface area (Å²) < 4.78 is 27.0. The van der Waals surface area contributed by atoms with E-state index in [9.17, 15) is 19.5 Å². The number of halogens is 1. The lowest BCUT2D eigenvalue weighted by atomic mass is 9.95. The maximum Gasteiger partial charge on any atom is 0.304 e. The van der Waals surface area contributed by atoms with Gasteiger partial charge in [-0.15, -0.1) is 0 Å². The Kier molecular flexibility index (Phi) is 8.40. The third kappa shape index (κ3) is 6.07. The van der Waals surface area contributed by atoms with Crippen LogP contribution in [0.2, 0.25) is 18.6 Å². The Morgan fingerprint density at radius 3 is 2.51 bits per heavy atom. The number of aliphatic hydroxyl groups excluding tert-OH is 1. The molecule has 1 aromatic carbocycles. The third-order valence-corrected chi connectivity index (χ3v) is 10.6. The Hall–Kier alpha value is -2.30. The van der Waals surface area contributed by atoms with Crippen LogP contribution in [0.25, 0.3) is 0 Å². The van der Waals surface area contributed by atoms with Crippen molar-refractivity contribution in [3.8, 4) is 0 Å². The van der Waals surface area contributed by atoms with Crippen molar-refractivity contribution in [1.29, 1.82) is 0 Å². The number of likely N-dealkylation sites (tertiary alicyclic amines) is 1. The number of ether oxygens (including phenoxy) is 2. The molecule has 8 nitrogen and oxygen atoms in total. The maximum atomic E-state index is 15.4. The molecule has 0 radical (unpaired) electrons. The van der Waals surface area contributed by atoms with Crippen LogP contribution >= 0.6 is 0 Å². The number of benzene rings is 1. The Morgan fingerprint density at radius 1 is 1.22 bits per heavy atom. The molecular formula is C27H39FN2O6Si. The van der Waals surface area contributed by atoms with E-state index in [0.717, 1.165) is 24.8 Å². The number of amides is 2. The van der Waals surface area contributed by atoms with E-state index in [1.54, 1.807) is 18.0 Å². The van der Waals surface area contributed by atoms with Gasteiger partial charge in [0.15, 0.2) is 6.23 Å². The van der Waals surface area contributed by atoms with Gasteiger partial charge < -0.3 is 23.6 Å². The highest BCUT2D eigenvalue weighted by molar-refractivity contribution is 6.72. The summed E-state index contributed by atoms with van der Waals surface area (Å²) in [7, 11) is -3.09. The molecule has 37 heavy (non-hydrogen) atoms. The van der Waals surface area contributed by atoms with Gasteiger partial charge in [0.1, 0.15) is 0 Å². The van der Waals surface area contributed by atoms with Crippen molar-refractivity contribution in [2.24, 2.45) is 5.92 Å². The second-order valence-electron chi connectivity index (χ2n) is 11.2. The van der Waals surface area contributed by atoms with E-state index in [0.29, 0.717) is 18.7 Å². The highest BCUT2D eigenvalue weighted by Gasteiger charge is 2.52. The second kappa shape index (κ2) is 11.2. The summed E-state index contributed by atoms with van der Waals surface area (Å²) in [5.41, 5.74) is 1.48. The van der Waals surface area contributed by atoms with Gasteiger partial charge in [-0.2, -0.15) is 0 Å². The summed E-state index contributed by atoms with van der Waals surface area (Å²) in [5.74, 6) is -0.563. The Morgan fingerprint density at radius 2 is 1.92 bits per heavy atom. The SMILES string of the molecule is CC(=O)OC1CC(=O)N1c1ccc(CC[C@H]2O[C@@H](CC(=O)N3CCC[C@H]3CO)[C@H]([Si](C)(C)F)[C@H]2C)cc1. The first kappa shape index (κ1) is 27.7. The molecule has 204 valence electrons. The lowest BCUT2D eigenvalue weighted by Crippen LogP contribution is -2.54. The van der Waals surface area contributed by atoms with E-state index >= 15 is 4.11 Å². The van der Waals surface area contributed by atoms with Crippen molar-refractivity contribution in [3.05, 3.63) is 29.8 Å². The first-order chi connectivity index (χ1) is 17.5. The molecule has 2 amide bonds. The molecule has 0 spiro atoms. The van der Waals surface area contributed by atoms with Gasteiger partial charge >= 0.3 is 5.97 Å². The Bertz CT molecular complexity index is 1000. The predicted molar refractivity (Wildman–Crippen MR) is 139 cm³/mol. The maximum absolute atomic E-state index is 15.4. The number of nitrogens with zero attached hydrogens (tertiary/aromatic N) is 2. The van der Waals surface area contributed by atoms with Crippen LogP contribution < -0.4 is 4.90 Å². The van der Waals surface area contributed by atoms with Crippen molar-refractivity contribution in [2.45, 2.75) is 95.5 Å². The summed E-state index contributed by atoms with van der Waals surface area (Å²) in [4.78, 5) is 39.5. The number of carbonyl (C=O) groups is 3. The van der Waals surface area contributed by atoms with Crippen molar-refractivity contribution in [1.82, 2.24) is 4.90 Å². The molecule has 4 rings (SSSR count). The van der Waals surface area contributed by atoms with Crippen LogP contribution in [0.5, 0.6) is 0 Å². The molecule has 0 bridgehead atoms. The van der Waals surface area contributed by atoms with Crippen molar-refractivity contribution >= 4 is 31.9 Å². The summed E-state index contributed by atoms with van der Waals surface area (Å²) in [6, 6.07) is 7.43. The third-order valence-electron chi connectivity index (χ3n) is 8.12. The molecular weight excluding hydrogens is 495 g/mol. The summed E-state index contributed by atoms with van der Waals surface area (Å²) in [6.07, 6.45) is 2.30. The lowest BCUT2D eigenvalue weighted by molar-refractivity contribution is -0.154. The van der Waals surface area contributed by atoms with Crippen LogP contribution in [0.1, 0.15) is 51.5 Å². The average molecular weight is 535 g/mol. The topological polar surface area (TPSA) is 96.4 Å². The van der Waals surface area contributed by atoms with Gasteiger partial charge in [-0.25, -0.2) is 0 Å². The molecule has 0 aromatic heterocycles. The van der Waals surface area contributed by atoms with E-state index in [1.807, 2.05) is 31.2 Å². The largest absolute Gasteiger partial charge is 0.441 e. The number of rotatable bonds is 9. The molecule has 3 aliphatic rings. The van der Waals surface area contributed by atoms with Crippen LogP contribution in [0, 0.1) is 5.92 Å².